The Balaban J connectivity index is 2.90. The summed E-state index contributed by atoms with van der Waals surface area (Å²) >= 11 is 0. The summed E-state index contributed by atoms with van der Waals surface area (Å²) in [5, 5.41) is 3.46. The molecule has 0 aliphatic heterocycles. The summed E-state index contributed by atoms with van der Waals surface area (Å²) in [6, 6.07) is 0. The number of allylic oxidation sites excluding steroid dienone is 1. The Bertz CT molecular complexity index is 76.6. The maximum atomic E-state index is 3.46. The van der Waals surface area contributed by atoms with E-state index in [1.807, 2.05) is 6.08 Å². The number of hydrogen-bond donors (Lipinski definition) is 1. The van der Waals surface area contributed by atoms with Crippen molar-refractivity contribution >= 4 is 6.72 Å². The molecular formula is C6H12N2. The van der Waals surface area contributed by atoms with E-state index in [1.54, 1.807) is 0 Å². The Hall–Kier alpha value is -0.790. The quantitative estimate of drug-likeness (QED) is 0.251. The highest BCUT2D eigenvalue weighted by Gasteiger charge is 1.67. The zero-order chi connectivity index (χ0) is 6.24. The minimum absolute atomic E-state index is 0.789. The van der Waals surface area contributed by atoms with Crippen molar-refractivity contribution < 1.29 is 0 Å². The van der Waals surface area contributed by atoms with Crippen molar-refractivity contribution in [1.29, 1.82) is 0 Å². The monoisotopic (exact) mass is 112 g/mol. The van der Waals surface area contributed by atoms with Crippen LogP contribution in [0.3, 0.4) is 0 Å². The minimum Gasteiger partial charge on any atom is -0.307 e. The van der Waals surface area contributed by atoms with E-state index in [4.69, 9.17) is 0 Å². The molecule has 2 nitrogen and oxygen atoms in total. The molecule has 0 fully saturated rings. The first-order valence-electron chi connectivity index (χ1n) is 2.75. The first kappa shape index (κ1) is 7.21. The molecule has 0 rings (SSSR count). The van der Waals surface area contributed by atoms with E-state index in [9.17, 15) is 0 Å². The van der Waals surface area contributed by atoms with Crippen LogP contribution in [0, 0.1) is 0 Å². The van der Waals surface area contributed by atoms with Gasteiger partial charge in [-0.2, -0.15) is 5.10 Å². The fraction of sp³-hybridized carbons (Fsp3) is 0.500. The predicted octanol–water partition coefficient (Wildman–Crippen LogP) is 1.16. The van der Waals surface area contributed by atoms with E-state index in [2.05, 4.69) is 30.2 Å². The fourth-order valence-corrected chi connectivity index (χ4v) is 0.367. The molecule has 0 bridgehead atoms. The molecule has 0 atom stereocenters. The largest absolute Gasteiger partial charge is 0.307 e. The van der Waals surface area contributed by atoms with Gasteiger partial charge in [0.15, 0.2) is 0 Å². The van der Waals surface area contributed by atoms with Gasteiger partial charge in [0.25, 0.3) is 0 Å². The van der Waals surface area contributed by atoms with Gasteiger partial charge in [0.2, 0.25) is 0 Å². The number of nitrogens with one attached hydrogen (secondary N) is 1. The molecular weight excluding hydrogens is 100 g/mol. The molecule has 1 N–H and O–H groups in total. The van der Waals surface area contributed by atoms with Gasteiger partial charge in [-0.25, -0.2) is 0 Å². The molecule has 0 aromatic heterocycles. The van der Waals surface area contributed by atoms with Gasteiger partial charge < -0.3 is 5.43 Å². The van der Waals surface area contributed by atoms with Crippen LogP contribution in [0.25, 0.3) is 0 Å². The van der Waals surface area contributed by atoms with Gasteiger partial charge in [-0.05, 0) is 6.42 Å². The summed E-state index contributed by atoms with van der Waals surface area (Å²) < 4.78 is 0. The van der Waals surface area contributed by atoms with Gasteiger partial charge in [-0.3, -0.25) is 0 Å². The molecule has 0 aromatic rings. The molecule has 0 amide bonds. The van der Waals surface area contributed by atoms with E-state index in [-0.39, 0.29) is 0 Å². The van der Waals surface area contributed by atoms with E-state index in [1.165, 1.54) is 0 Å². The van der Waals surface area contributed by atoms with E-state index in [0.29, 0.717) is 0 Å². The third-order valence-electron chi connectivity index (χ3n) is 0.723. The third-order valence-corrected chi connectivity index (χ3v) is 0.723. The molecule has 0 unspecified atom stereocenters. The first-order valence-corrected chi connectivity index (χ1v) is 2.75. The summed E-state index contributed by atoms with van der Waals surface area (Å²) in [4.78, 5) is 0. The highest BCUT2D eigenvalue weighted by molar-refractivity contribution is 5.22. The van der Waals surface area contributed by atoms with Crippen LogP contribution in [-0.4, -0.2) is 13.3 Å². The number of nitrogens with zero attached hydrogens (tertiary/aromatic N) is 1. The molecule has 0 aliphatic carbocycles. The molecule has 0 heterocycles. The lowest BCUT2D eigenvalue weighted by Gasteiger charge is -1.87. The molecule has 0 spiro atoms. The number of hydrogen-bond acceptors (Lipinski definition) is 2. The van der Waals surface area contributed by atoms with Crippen molar-refractivity contribution in [3.63, 3.8) is 0 Å². The third kappa shape index (κ3) is 5.21. The van der Waals surface area contributed by atoms with Crippen molar-refractivity contribution in [1.82, 2.24) is 5.43 Å². The molecule has 0 radical (unpaired) electrons. The standard InChI is InChI=1S/C6H12N2/c1-3-4-5-6-8-7-2/h4-5,8H,2-3,6H2,1H3/b5-4-. The molecule has 2 heteroatoms. The lowest BCUT2D eigenvalue weighted by Crippen LogP contribution is -2.02. The normalized spacial score (nSPS) is 9.62. The Morgan fingerprint density at radius 2 is 2.38 bits per heavy atom. The van der Waals surface area contributed by atoms with Crippen LogP contribution >= 0.6 is 0 Å². The summed E-state index contributed by atoms with van der Waals surface area (Å²) in [6.45, 7) is 6.15. The highest BCUT2D eigenvalue weighted by atomic mass is 15.3. The molecule has 0 saturated heterocycles. The average molecular weight is 112 g/mol. The summed E-state index contributed by atoms with van der Waals surface area (Å²) in [5.41, 5.74) is 2.71. The fourth-order valence-electron chi connectivity index (χ4n) is 0.367. The smallest absolute Gasteiger partial charge is 0.0510 e. The Labute approximate surface area is 50.3 Å². The Morgan fingerprint density at radius 3 is 2.88 bits per heavy atom. The second kappa shape index (κ2) is 6.21. The zero-order valence-corrected chi connectivity index (χ0v) is 5.22. The lowest BCUT2D eigenvalue weighted by molar-refractivity contribution is 0.832. The van der Waals surface area contributed by atoms with Crippen molar-refractivity contribution in [3.05, 3.63) is 12.2 Å². The lowest BCUT2D eigenvalue weighted by atomic mass is 10.4. The van der Waals surface area contributed by atoms with Crippen LogP contribution in [0.1, 0.15) is 13.3 Å². The topological polar surface area (TPSA) is 24.4 Å². The number of hydrazone groups is 1. The van der Waals surface area contributed by atoms with Crippen LogP contribution in [-0.2, 0) is 0 Å². The summed E-state index contributed by atoms with van der Waals surface area (Å²) in [5.74, 6) is 0. The van der Waals surface area contributed by atoms with Crippen molar-refractivity contribution in [3.8, 4) is 0 Å². The second-order valence-corrected chi connectivity index (χ2v) is 1.40. The number of rotatable bonds is 4. The predicted molar refractivity (Wildman–Crippen MR) is 37.0 cm³/mol. The van der Waals surface area contributed by atoms with Gasteiger partial charge in [0, 0.05) is 6.72 Å². The Morgan fingerprint density at radius 1 is 1.62 bits per heavy atom. The van der Waals surface area contributed by atoms with Crippen molar-refractivity contribution in [2.45, 2.75) is 13.3 Å². The van der Waals surface area contributed by atoms with Crippen LogP contribution in [0.2, 0.25) is 0 Å². The first-order chi connectivity index (χ1) is 3.91. The van der Waals surface area contributed by atoms with Crippen LogP contribution in [0.15, 0.2) is 17.3 Å². The zero-order valence-electron chi connectivity index (χ0n) is 5.22. The summed E-state index contributed by atoms with van der Waals surface area (Å²) in [6.07, 6.45) is 5.19. The maximum absolute atomic E-state index is 3.46. The van der Waals surface area contributed by atoms with Crippen molar-refractivity contribution in [2.75, 3.05) is 6.54 Å². The highest BCUT2D eigenvalue weighted by Crippen LogP contribution is 1.75. The molecule has 0 saturated carbocycles. The van der Waals surface area contributed by atoms with Gasteiger partial charge in [-0.15, -0.1) is 0 Å². The van der Waals surface area contributed by atoms with E-state index < -0.39 is 0 Å². The van der Waals surface area contributed by atoms with Gasteiger partial charge >= 0.3 is 0 Å². The van der Waals surface area contributed by atoms with Gasteiger partial charge in [-0.1, -0.05) is 19.1 Å². The van der Waals surface area contributed by atoms with Crippen LogP contribution in [0.4, 0.5) is 0 Å². The molecule has 0 aromatic carbocycles. The molecule has 0 aliphatic rings. The minimum atomic E-state index is 0.789. The van der Waals surface area contributed by atoms with E-state index >= 15 is 0 Å². The average Bonchev–Trinajstić information content (AvgIpc) is 1.81. The Kier molecular flexibility index (Phi) is 5.60. The summed E-state index contributed by atoms with van der Waals surface area (Å²) in [7, 11) is 0. The van der Waals surface area contributed by atoms with Crippen molar-refractivity contribution in [2.24, 2.45) is 5.10 Å². The van der Waals surface area contributed by atoms with Gasteiger partial charge in [0.1, 0.15) is 0 Å². The van der Waals surface area contributed by atoms with Crippen LogP contribution < -0.4 is 5.43 Å². The van der Waals surface area contributed by atoms with Crippen LogP contribution in [0.5, 0.6) is 0 Å². The maximum Gasteiger partial charge on any atom is 0.0510 e. The molecule has 46 valence electrons. The second-order valence-electron chi connectivity index (χ2n) is 1.40. The van der Waals surface area contributed by atoms with E-state index in [0.717, 1.165) is 13.0 Å². The SMILES string of the molecule is C=NNC/C=C\CC. The van der Waals surface area contributed by atoms with Gasteiger partial charge in [0.05, 0.1) is 6.54 Å². The molecule has 8 heavy (non-hydrogen) atoms.